The third-order valence-corrected chi connectivity index (χ3v) is 1.88. The third-order valence-electron chi connectivity index (χ3n) is 1.47. The number of nitrogens with two attached hydrogens (primary N) is 1. The Morgan fingerprint density at radius 3 is 2.73 bits per heavy atom. The van der Waals surface area contributed by atoms with Crippen molar-refractivity contribution in [3.8, 4) is 0 Å². The van der Waals surface area contributed by atoms with Gasteiger partial charge in [-0.3, -0.25) is 0 Å². The smallest absolute Gasteiger partial charge is 0.0116 e. The van der Waals surface area contributed by atoms with Crippen molar-refractivity contribution < 1.29 is 0 Å². The molecule has 0 radical (unpaired) electrons. The number of thiol groups is 1. The average molecular weight is 169 g/mol. The molecule has 2 N–H and O–H groups in total. The van der Waals surface area contributed by atoms with Crippen LogP contribution >= 0.6 is 12.6 Å². The molecule has 0 fully saturated rings. The summed E-state index contributed by atoms with van der Waals surface area (Å²) in [5.41, 5.74) is 6.27. The lowest BCUT2D eigenvalue weighted by atomic mass is 10.0. The molecule has 0 rings (SSSR count). The monoisotopic (exact) mass is 169 g/mol. The Morgan fingerprint density at radius 1 is 1.64 bits per heavy atom. The second-order valence-electron chi connectivity index (χ2n) is 2.37. The molecular weight excluding hydrogens is 154 g/mol. The standard InChI is InChI=1S/C9H15NS/c1-8(9(2)7-11)5-3-4-6-10/h3-6,8,11H,2,7,10H2,1H3/b5-3-,6-4-. The number of rotatable bonds is 4. The minimum Gasteiger partial charge on any atom is -0.405 e. The van der Waals surface area contributed by atoms with Crippen LogP contribution in [0.1, 0.15) is 6.92 Å². The van der Waals surface area contributed by atoms with Crippen molar-refractivity contribution in [2.45, 2.75) is 6.92 Å². The fourth-order valence-corrected chi connectivity index (χ4v) is 0.863. The molecular formula is C9H15NS. The summed E-state index contributed by atoms with van der Waals surface area (Å²) in [6.45, 7) is 5.95. The Morgan fingerprint density at radius 2 is 2.27 bits per heavy atom. The predicted molar refractivity (Wildman–Crippen MR) is 54.6 cm³/mol. The largest absolute Gasteiger partial charge is 0.405 e. The van der Waals surface area contributed by atoms with Crippen molar-refractivity contribution in [2.75, 3.05) is 5.75 Å². The lowest BCUT2D eigenvalue weighted by Crippen LogP contribution is -1.94. The van der Waals surface area contributed by atoms with Crippen LogP contribution < -0.4 is 5.73 Å². The van der Waals surface area contributed by atoms with Crippen LogP contribution in [0.25, 0.3) is 0 Å². The minimum absolute atomic E-state index is 0.378. The lowest BCUT2D eigenvalue weighted by molar-refractivity contribution is 0.873. The molecule has 0 aliphatic rings. The molecule has 0 amide bonds. The van der Waals surface area contributed by atoms with E-state index in [9.17, 15) is 0 Å². The van der Waals surface area contributed by atoms with Crippen molar-refractivity contribution in [2.24, 2.45) is 11.7 Å². The first kappa shape index (κ1) is 10.4. The molecule has 0 aliphatic heterocycles. The van der Waals surface area contributed by atoms with E-state index in [2.05, 4.69) is 26.1 Å². The van der Waals surface area contributed by atoms with E-state index in [4.69, 9.17) is 5.73 Å². The van der Waals surface area contributed by atoms with E-state index in [1.165, 1.54) is 6.20 Å². The molecule has 0 spiro atoms. The summed E-state index contributed by atoms with van der Waals surface area (Å²) >= 11 is 4.12. The summed E-state index contributed by atoms with van der Waals surface area (Å²) in [5, 5.41) is 0. The summed E-state index contributed by atoms with van der Waals surface area (Å²) < 4.78 is 0. The predicted octanol–water partition coefficient (Wildman–Crippen LogP) is 2.14. The van der Waals surface area contributed by atoms with Gasteiger partial charge in [-0.2, -0.15) is 12.6 Å². The number of allylic oxidation sites excluding steroid dienone is 3. The van der Waals surface area contributed by atoms with Crippen molar-refractivity contribution in [3.63, 3.8) is 0 Å². The molecule has 0 saturated carbocycles. The topological polar surface area (TPSA) is 26.0 Å². The van der Waals surface area contributed by atoms with Gasteiger partial charge in [0.1, 0.15) is 0 Å². The van der Waals surface area contributed by atoms with Crippen LogP contribution in [0.4, 0.5) is 0 Å². The van der Waals surface area contributed by atoms with Crippen molar-refractivity contribution in [1.82, 2.24) is 0 Å². The third kappa shape index (κ3) is 4.73. The Hall–Kier alpha value is -0.630. The van der Waals surface area contributed by atoms with Gasteiger partial charge >= 0.3 is 0 Å². The van der Waals surface area contributed by atoms with E-state index in [0.717, 1.165) is 11.3 Å². The van der Waals surface area contributed by atoms with E-state index in [1.54, 1.807) is 6.08 Å². The Balaban J connectivity index is 3.85. The zero-order chi connectivity index (χ0) is 8.69. The highest BCUT2D eigenvalue weighted by molar-refractivity contribution is 7.80. The van der Waals surface area contributed by atoms with Gasteiger partial charge in [0, 0.05) is 5.75 Å². The minimum atomic E-state index is 0.378. The van der Waals surface area contributed by atoms with Crippen molar-refractivity contribution in [3.05, 3.63) is 36.6 Å². The molecule has 0 aromatic carbocycles. The van der Waals surface area contributed by atoms with Crippen molar-refractivity contribution in [1.29, 1.82) is 0 Å². The molecule has 1 unspecified atom stereocenters. The van der Waals surface area contributed by atoms with Gasteiger partial charge in [0.05, 0.1) is 0 Å². The molecule has 0 saturated heterocycles. The van der Waals surface area contributed by atoms with Gasteiger partial charge in [0.15, 0.2) is 0 Å². The van der Waals surface area contributed by atoms with Crippen LogP contribution in [-0.2, 0) is 0 Å². The van der Waals surface area contributed by atoms with Gasteiger partial charge in [0.25, 0.3) is 0 Å². The molecule has 62 valence electrons. The second-order valence-corrected chi connectivity index (χ2v) is 2.69. The second kappa shape index (κ2) is 6.10. The molecule has 11 heavy (non-hydrogen) atoms. The molecule has 1 atom stereocenters. The van der Waals surface area contributed by atoms with Crippen molar-refractivity contribution >= 4 is 12.6 Å². The van der Waals surface area contributed by atoms with Crippen LogP contribution in [0.5, 0.6) is 0 Å². The van der Waals surface area contributed by atoms with Crippen LogP contribution in [0, 0.1) is 5.92 Å². The molecule has 0 aromatic rings. The van der Waals surface area contributed by atoms with Gasteiger partial charge < -0.3 is 5.73 Å². The van der Waals surface area contributed by atoms with Gasteiger partial charge in [-0.25, -0.2) is 0 Å². The molecule has 2 heteroatoms. The molecule has 0 aliphatic carbocycles. The zero-order valence-electron chi connectivity index (χ0n) is 6.83. The van der Waals surface area contributed by atoms with E-state index in [1.807, 2.05) is 12.2 Å². The number of hydrogen-bond donors (Lipinski definition) is 2. The highest BCUT2D eigenvalue weighted by Gasteiger charge is 1.97. The first-order valence-electron chi connectivity index (χ1n) is 3.56. The van der Waals surface area contributed by atoms with E-state index >= 15 is 0 Å². The molecule has 1 nitrogen and oxygen atoms in total. The fourth-order valence-electron chi connectivity index (χ4n) is 0.575. The van der Waals surface area contributed by atoms with Crippen LogP contribution in [0.3, 0.4) is 0 Å². The molecule has 0 aromatic heterocycles. The summed E-state index contributed by atoms with van der Waals surface area (Å²) in [4.78, 5) is 0. The first-order valence-corrected chi connectivity index (χ1v) is 4.19. The summed E-state index contributed by atoms with van der Waals surface area (Å²) in [7, 11) is 0. The van der Waals surface area contributed by atoms with Crippen LogP contribution in [-0.4, -0.2) is 5.75 Å². The highest BCUT2D eigenvalue weighted by Crippen LogP contribution is 2.10. The van der Waals surface area contributed by atoms with E-state index < -0.39 is 0 Å². The Bertz CT molecular complexity index is 170. The quantitative estimate of drug-likeness (QED) is 0.376. The first-order chi connectivity index (χ1) is 5.22. The summed E-state index contributed by atoms with van der Waals surface area (Å²) in [6, 6.07) is 0. The SMILES string of the molecule is C=C(CS)C(C)/C=C\C=C/N. The molecule has 0 bridgehead atoms. The van der Waals surface area contributed by atoms with Crippen LogP contribution in [0.15, 0.2) is 36.6 Å². The molecule has 0 heterocycles. The van der Waals surface area contributed by atoms with E-state index in [-0.39, 0.29) is 0 Å². The van der Waals surface area contributed by atoms with Gasteiger partial charge in [-0.15, -0.1) is 0 Å². The van der Waals surface area contributed by atoms with E-state index in [0.29, 0.717) is 5.92 Å². The Kier molecular flexibility index (Phi) is 5.75. The van der Waals surface area contributed by atoms with Gasteiger partial charge in [-0.05, 0) is 18.2 Å². The lowest BCUT2D eigenvalue weighted by Gasteiger charge is -2.05. The average Bonchev–Trinajstić information content (AvgIpc) is 2.03. The summed E-state index contributed by atoms with van der Waals surface area (Å²) in [6.07, 6.45) is 7.26. The maximum atomic E-state index is 5.15. The maximum Gasteiger partial charge on any atom is 0.0116 e. The van der Waals surface area contributed by atoms with Gasteiger partial charge in [-0.1, -0.05) is 31.2 Å². The van der Waals surface area contributed by atoms with Crippen LogP contribution in [0.2, 0.25) is 0 Å². The zero-order valence-corrected chi connectivity index (χ0v) is 7.72. The highest BCUT2D eigenvalue weighted by atomic mass is 32.1. The fraction of sp³-hybridized carbons (Fsp3) is 0.333. The van der Waals surface area contributed by atoms with Gasteiger partial charge in [0.2, 0.25) is 0 Å². The Labute approximate surface area is 74.1 Å². The maximum absolute atomic E-state index is 5.15. The summed E-state index contributed by atoms with van der Waals surface area (Å²) in [5.74, 6) is 1.11. The number of hydrogen-bond acceptors (Lipinski definition) is 2. The normalized spacial score (nSPS) is 14.4.